The molecule has 2 rings (SSSR count). The van der Waals surface area contributed by atoms with Gasteiger partial charge in [0.1, 0.15) is 6.10 Å². The molecule has 2 amide bonds. The lowest BCUT2D eigenvalue weighted by molar-refractivity contribution is -0.144. The van der Waals surface area contributed by atoms with Crippen molar-refractivity contribution in [2.45, 2.75) is 33.3 Å². The van der Waals surface area contributed by atoms with Gasteiger partial charge in [0, 0.05) is 43.4 Å². The van der Waals surface area contributed by atoms with E-state index in [2.05, 4.69) is 13.8 Å². The lowest BCUT2D eigenvalue weighted by atomic mass is 10.1. The van der Waals surface area contributed by atoms with Gasteiger partial charge in [-0.05, 0) is 43.5 Å². The molecule has 0 N–H and O–H groups in total. The van der Waals surface area contributed by atoms with Gasteiger partial charge in [-0.1, -0.05) is 25.4 Å². The molecule has 0 bridgehead atoms. The van der Waals surface area contributed by atoms with Crippen LogP contribution in [0, 0.1) is 5.92 Å². The minimum Gasteiger partial charge on any atom is -0.369 e. The molecule has 1 aliphatic rings. The number of amides is 2. The van der Waals surface area contributed by atoms with Crippen molar-refractivity contribution in [2.24, 2.45) is 5.92 Å². The number of nitrogens with zero attached hydrogens (tertiary/aromatic N) is 2. The summed E-state index contributed by atoms with van der Waals surface area (Å²) < 4.78 is 5.64. The van der Waals surface area contributed by atoms with Crippen molar-refractivity contribution in [1.82, 2.24) is 9.80 Å². The monoisotopic (exact) mass is 366 g/mol. The first kappa shape index (κ1) is 19.7. The maximum absolute atomic E-state index is 12.5. The van der Waals surface area contributed by atoms with Crippen LogP contribution in [0.25, 0.3) is 0 Å². The largest absolute Gasteiger partial charge is 0.369 e. The molecule has 0 radical (unpaired) electrons. The Morgan fingerprint density at radius 1 is 1.04 bits per heavy atom. The molecule has 0 aromatic heterocycles. The summed E-state index contributed by atoms with van der Waals surface area (Å²) in [5.74, 6) is 0.539. The number of piperazine rings is 1. The number of hydrogen-bond acceptors (Lipinski definition) is 3. The Bertz CT molecular complexity index is 581. The second-order valence-corrected chi connectivity index (χ2v) is 7.26. The summed E-state index contributed by atoms with van der Waals surface area (Å²) in [6.07, 6.45) is 0.512. The van der Waals surface area contributed by atoms with Crippen LogP contribution in [0.15, 0.2) is 24.3 Å². The van der Waals surface area contributed by atoms with E-state index in [-0.39, 0.29) is 11.8 Å². The van der Waals surface area contributed by atoms with Crippen molar-refractivity contribution < 1.29 is 14.3 Å². The van der Waals surface area contributed by atoms with Gasteiger partial charge in [-0.15, -0.1) is 0 Å². The van der Waals surface area contributed by atoms with Gasteiger partial charge in [-0.25, -0.2) is 0 Å². The summed E-state index contributed by atoms with van der Waals surface area (Å²) >= 11 is 5.86. The Morgan fingerprint density at radius 2 is 1.60 bits per heavy atom. The molecule has 5 nitrogen and oxygen atoms in total. The predicted molar refractivity (Wildman–Crippen MR) is 98.8 cm³/mol. The van der Waals surface area contributed by atoms with Gasteiger partial charge >= 0.3 is 0 Å². The van der Waals surface area contributed by atoms with Crippen molar-refractivity contribution >= 4 is 23.4 Å². The first-order valence-electron chi connectivity index (χ1n) is 8.83. The van der Waals surface area contributed by atoms with E-state index < -0.39 is 6.10 Å². The summed E-state index contributed by atoms with van der Waals surface area (Å²) in [5.41, 5.74) is 0.620. The number of carbonyl (C=O) groups excluding carboxylic acids is 2. The third-order valence-corrected chi connectivity index (χ3v) is 4.63. The quantitative estimate of drug-likeness (QED) is 0.777. The molecule has 1 unspecified atom stereocenters. The topological polar surface area (TPSA) is 49.9 Å². The number of carbonyl (C=O) groups is 2. The smallest absolute Gasteiger partial charge is 0.253 e. The molecular weight excluding hydrogens is 340 g/mol. The van der Waals surface area contributed by atoms with Crippen molar-refractivity contribution in [3.05, 3.63) is 34.9 Å². The molecule has 0 spiro atoms. The van der Waals surface area contributed by atoms with Crippen LogP contribution in [0.5, 0.6) is 0 Å². The van der Waals surface area contributed by atoms with E-state index in [1.54, 1.807) is 41.0 Å². The Balaban J connectivity index is 1.81. The molecule has 1 aromatic carbocycles. The number of ether oxygens (including phenoxy) is 1. The van der Waals surface area contributed by atoms with Gasteiger partial charge in [0.25, 0.3) is 11.8 Å². The maximum atomic E-state index is 12.5. The molecule has 1 fully saturated rings. The zero-order valence-electron chi connectivity index (χ0n) is 15.2. The van der Waals surface area contributed by atoms with Gasteiger partial charge in [-0.3, -0.25) is 9.59 Å². The van der Waals surface area contributed by atoms with Crippen molar-refractivity contribution in [1.29, 1.82) is 0 Å². The molecule has 1 saturated heterocycles. The minimum absolute atomic E-state index is 0.00217. The van der Waals surface area contributed by atoms with Crippen LogP contribution in [0.4, 0.5) is 0 Å². The van der Waals surface area contributed by atoms with Crippen LogP contribution < -0.4 is 0 Å². The summed E-state index contributed by atoms with van der Waals surface area (Å²) in [6.45, 7) is 8.80. The van der Waals surface area contributed by atoms with E-state index in [1.165, 1.54) is 0 Å². The maximum Gasteiger partial charge on any atom is 0.253 e. The van der Waals surface area contributed by atoms with Crippen LogP contribution >= 0.6 is 11.6 Å². The lowest BCUT2D eigenvalue weighted by Gasteiger charge is -2.36. The highest BCUT2D eigenvalue weighted by Crippen LogP contribution is 2.14. The number of hydrogen-bond donors (Lipinski definition) is 0. The van der Waals surface area contributed by atoms with Crippen LogP contribution in [0.1, 0.15) is 37.6 Å². The van der Waals surface area contributed by atoms with Crippen LogP contribution in [-0.2, 0) is 9.53 Å². The van der Waals surface area contributed by atoms with Crippen molar-refractivity contribution in [3.8, 4) is 0 Å². The van der Waals surface area contributed by atoms with Crippen LogP contribution in [0.2, 0.25) is 5.02 Å². The zero-order chi connectivity index (χ0) is 18.4. The van der Waals surface area contributed by atoms with Gasteiger partial charge in [0.05, 0.1) is 0 Å². The normalized spacial score (nSPS) is 16.2. The van der Waals surface area contributed by atoms with E-state index in [0.717, 1.165) is 6.42 Å². The summed E-state index contributed by atoms with van der Waals surface area (Å²) in [4.78, 5) is 28.5. The van der Waals surface area contributed by atoms with Gasteiger partial charge in [0.2, 0.25) is 0 Å². The first-order chi connectivity index (χ1) is 11.9. The third kappa shape index (κ3) is 5.72. The fourth-order valence-electron chi connectivity index (χ4n) is 2.71. The SMILES string of the molecule is CC(C)CCOC(C)C(=O)N1CCN(C(=O)c2ccc(Cl)cc2)CC1. The fourth-order valence-corrected chi connectivity index (χ4v) is 2.84. The molecule has 1 aliphatic heterocycles. The molecule has 1 heterocycles. The first-order valence-corrected chi connectivity index (χ1v) is 9.21. The van der Waals surface area contributed by atoms with Crippen molar-refractivity contribution in [2.75, 3.05) is 32.8 Å². The van der Waals surface area contributed by atoms with E-state index in [4.69, 9.17) is 16.3 Å². The van der Waals surface area contributed by atoms with Gasteiger partial charge < -0.3 is 14.5 Å². The Labute approximate surface area is 154 Å². The second-order valence-electron chi connectivity index (χ2n) is 6.82. The molecular formula is C19H27ClN2O3. The number of rotatable bonds is 6. The number of halogens is 1. The Morgan fingerprint density at radius 3 is 2.16 bits per heavy atom. The van der Waals surface area contributed by atoms with E-state index in [1.807, 2.05) is 0 Å². The molecule has 1 aromatic rings. The van der Waals surface area contributed by atoms with E-state index in [0.29, 0.717) is 49.3 Å². The minimum atomic E-state index is -0.433. The lowest BCUT2D eigenvalue weighted by Crippen LogP contribution is -2.52. The molecule has 25 heavy (non-hydrogen) atoms. The van der Waals surface area contributed by atoms with Gasteiger partial charge in [-0.2, -0.15) is 0 Å². The molecule has 0 saturated carbocycles. The van der Waals surface area contributed by atoms with Gasteiger partial charge in [0.15, 0.2) is 0 Å². The van der Waals surface area contributed by atoms with Crippen LogP contribution in [-0.4, -0.2) is 60.5 Å². The molecule has 0 aliphatic carbocycles. The highest BCUT2D eigenvalue weighted by atomic mass is 35.5. The average Bonchev–Trinajstić information content (AvgIpc) is 2.61. The third-order valence-electron chi connectivity index (χ3n) is 4.38. The van der Waals surface area contributed by atoms with E-state index in [9.17, 15) is 9.59 Å². The molecule has 138 valence electrons. The average molecular weight is 367 g/mol. The fraction of sp³-hybridized carbons (Fsp3) is 0.579. The molecule has 1 atom stereocenters. The summed E-state index contributed by atoms with van der Waals surface area (Å²) in [7, 11) is 0. The molecule has 6 heteroatoms. The zero-order valence-corrected chi connectivity index (χ0v) is 16.0. The van der Waals surface area contributed by atoms with E-state index >= 15 is 0 Å². The Hall–Kier alpha value is -1.59. The Kier molecular flexibility index (Phi) is 7.26. The highest BCUT2D eigenvalue weighted by molar-refractivity contribution is 6.30. The predicted octanol–water partition coefficient (Wildman–Crippen LogP) is 3.08. The highest BCUT2D eigenvalue weighted by Gasteiger charge is 2.27. The van der Waals surface area contributed by atoms with Crippen LogP contribution in [0.3, 0.4) is 0 Å². The summed E-state index contributed by atoms with van der Waals surface area (Å²) in [5, 5.41) is 0.610. The standard InChI is InChI=1S/C19H27ClN2O3/c1-14(2)8-13-25-15(3)18(23)21-9-11-22(12-10-21)19(24)16-4-6-17(20)7-5-16/h4-7,14-15H,8-13H2,1-3H3. The summed E-state index contributed by atoms with van der Waals surface area (Å²) in [6, 6.07) is 6.88. The van der Waals surface area contributed by atoms with Crippen molar-refractivity contribution in [3.63, 3.8) is 0 Å². The second kappa shape index (κ2) is 9.20. The number of benzene rings is 1.